The van der Waals surface area contributed by atoms with Crippen molar-refractivity contribution in [2.45, 2.75) is 19.9 Å². The molecule has 5 heteroatoms. The van der Waals surface area contributed by atoms with E-state index in [1.54, 1.807) is 18.3 Å². The number of ether oxygens (including phenoxy) is 2. The maximum Gasteiger partial charge on any atom is 0.338 e. The average Bonchev–Trinajstić information content (AvgIpc) is 2.38. The Labute approximate surface area is 101 Å². The zero-order valence-electron chi connectivity index (χ0n) is 10.0. The molecular formula is C12H18N2O3. The molecule has 2 N–H and O–H groups in total. The standard InChI is InChI=1S/C12H18N2O3/c1-2-5-16-6-7-17-12(15)10-3-4-14-11(8-10)9-13/h3-4,8H,2,5-7,9,13H2,1H3. The fourth-order valence-electron chi connectivity index (χ4n) is 1.24. The highest BCUT2D eigenvalue weighted by Gasteiger charge is 2.07. The summed E-state index contributed by atoms with van der Waals surface area (Å²) >= 11 is 0. The van der Waals surface area contributed by atoms with E-state index in [9.17, 15) is 4.79 Å². The predicted molar refractivity (Wildman–Crippen MR) is 63.5 cm³/mol. The Morgan fingerprint density at radius 1 is 1.41 bits per heavy atom. The molecule has 0 amide bonds. The molecule has 0 unspecified atom stereocenters. The largest absolute Gasteiger partial charge is 0.460 e. The van der Waals surface area contributed by atoms with Crippen molar-refractivity contribution in [2.24, 2.45) is 5.73 Å². The minimum Gasteiger partial charge on any atom is -0.460 e. The van der Waals surface area contributed by atoms with E-state index in [1.165, 1.54) is 0 Å². The highest BCUT2D eigenvalue weighted by molar-refractivity contribution is 5.89. The Balaban J connectivity index is 2.36. The van der Waals surface area contributed by atoms with Crippen LogP contribution in [0.25, 0.3) is 0 Å². The first kappa shape index (κ1) is 13.6. The van der Waals surface area contributed by atoms with Gasteiger partial charge in [0.25, 0.3) is 0 Å². The van der Waals surface area contributed by atoms with E-state index >= 15 is 0 Å². The number of pyridine rings is 1. The molecule has 0 aromatic carbocycles. The van der Waals surface area contributed by atoms with E-state index in [0.29, 0.717) is 31.0 Å². The van der Waals surface area contributed by atoms with Crippen LogP contribution < -0.4 is 5.73 Å². The van der Waals surface area contributed by atoms with Crippen LogP contribution in [0.1, 0.15) is 29.4 Å². The number of aromatic nitrogens is 1. The van der Waals surface area contributed by atoms with Crippen molar-refractivity contribution in [3.05, 3.63) is 29.6 Å². The summed E-state index contributed by atoms with van der Waals surface area (Å²) in [6.45, 7) is 3.70. The fraction of sp³-hybridized carbons (Fsp3) is 0.500. The Morgan fingerprint density at radius 2 is 2.24 bits per heavy atom. The molecule has 1 rings (SSSR count). The second-order valence-electron chi connectivity index (χ2n) is 3.49. The summed E-state index contributed by atoms with van der Waals surface area (Å²) in [5, 5.41) is 0. The van der Waals surface area contributed by atoms with Crippen molar-refractivity contribution >= 4 is 5.97 Å². The second kappa shape index (κ2) is 7.76. The lowest BCUT2D eigenvalue weighted by Gasteiger charge is -2.06. The first-order valence-corrected chi connectivity index (χ1v) is 5.67. The van der Waals surface area contributed by atoms with Gasteiger partial charge in [0.05, 0.1) is 17.9 Å². The molecule has 0 atom stereocenters. The molecule has 0 aliphatic heterocycles. The summed E-state index contributed by atoms with van der Waals surface area (Å²) < 4.78 is 10.2. The maximum atomic E-state index is 11.6. The molecule has 0 spiro atoms. The molecule has 0 fully saturated rings. The number of carbonyl (C=O) groups excluding carboxylic acids is 1. The van der Waals surface area contributed by atoms with Crippen LogP contribution in [0.4, 0.5) is 0 Å². The quantitative estimate of drug-likeness (QED) is 0.569. The molecule has 17 heavy (non-hydrogen) atoms. The number of carbonyl (C=O) groups is 1. The summed E-state index contributed by atoms with van der Waals surface area (Å²) in [6.07, 6.45) is 2.50. The Bertz CT molecular complexity index is 355. The van der Waals surface area contributed by atoms with Crippen LogP contribution in [0.2, 0.25) is 0 Å². The van der Waals surface area contributed by atoms with Gasteiger partial charge in [-0.25, -0.2) is 4.79 Å². The summed E-state index contributed by atoms with van der Waals surface area (Å²) in [5.74, 6) is -0.373. The van der Waals surface area contributed by atoms with Gasteiger partial charge in [-0.15, -0.1) is 0 Å². The van der Waals surface area contributed by atoms with Gasteiger partial charge < -0.3 is 15.2 Å². The summed E-state index contributed by atoms with van der Waals surface area (Å²) in [4.78, 5) is 15.6. The highest BCUT2D eigenvalue weighted by atomic mass is 16.6. The highest BCUT2D eigenvalue weighted by Crippen LogP contribution is 2.03. The smallest absolute Gasteiger partial charge is 0.338 e. The fourth-order valence-corrected chi connectivity index (χ4v) is 1.24. The van der Waals surface area contributed by atoms with Gasteiger partial charge in [-0.3, -0.25) is 4.98 Å². The topological polar surface area (TPSA) is 74.4 Å². The third-order valence-corrected chi connectivity index (χ3v) is 2.07. The number of nitrogens with zero attached hydrogens (tertiary/aromatic N) is 1. The van der Waals surface area contributed by atoms with Crippen molar-refractivity contribution < 1.29 is 14.3 Å². The van der Waals surface area contributed by atoms with Crippen molar-refractivity contribution in [3.8, 4) is 0 Å². The van der Waals surface area contributed by atoms with Gasteiger partial charge >= 0.3 is 5.97 Å². The average molecular weight is 238 g/mol. The molecule has 1 aromatic heterocycles. The molecular weight excluding hydrogens is 220 g/mol. The van der Waals surface area contributed by atoms with Gasteiger partial charge in [-0.1, -0.05) is 6.92 Å². The van der Waals surface area contributed by atoms with Crippen LogP contribution in [0.15, 0.2) is 18.3 Å². The molecule has 5 nitrogen and oxygen atoms in total. The van der Waals surface area contributed by atoms with Gasteiger partial charge in [-0.2, -0.15) is 0 Å². The van der Waals surface area contributed by atoms with Gasteiger partial charge in [0.1, 0.15) is 6.61 Å². The molecule has 1 heterocycles. The molecule has 0 aliphatic rings. The van der Waals surface area contributed by atoms with Gasteiger partial charge in [0, 0.05) is 19.3 Å². The minimum atomic E-state index is -0.373. The molecule has 0 saturated carbocycles. The van der Waals surface area contributed by atoms with Gasteiger partial charge in [-0.05, 0) is 18.6 Å². The zero-order valence-corrected chi connectivity index (χ0v) is 10.0. The molecule has 1 aromatic rings. The molecule has 0 bridgehead atoms. The van der Waals surface area contributed by atoms with E-state index in [-0.39, 0.29) is 12.6 Å². The van der Waals surface area contributed by atoms with Crippen LogP contribution in [0, 0.1) is 0 Å². The Morgan fingerprint density at radius 3 is 2.94 bits per heavy atom. The molecule has 94 valence electrons. The lowest BCUT2D eigenvalue weighted by atomic mass is 10.2. The number of rotatable bonds is 7. The van der Waals surface area contributed by atoms with Crippen LogP contribution in [0.3, 0.4) is 0 Å². The summed E-state index contributed by atoms with van der Waals surface area (Å²) in [7, 11) is 0. The molecule has 0 aliphatic carbocycles. The van der Waals surface area contributed by atoms with Gasteiger partial charge in [0.2, 0.25) is 0 Å². The first-order valence-electron chi connectivity index (χ1n) is 5.67. The maximum absolute atomic E-state index is 11.6. The number of nitrogens with two attached hydrogens (primary N) is 1. The molecule has 0 radical (unpaired) electrons. The van der Waals surface area contributed by atoms with Crippen LogP contribution in [-0.4, -0.2) is 30.8 Å². The second-order valence-corrected chi connectivity index (χ2v) is 3.49. The van der Waals surface area contributed by atoms with Crippen molar-refractivity contribution in [2.75, 3.05) is 19.8 Å². The number of hydrogen-bond acceptors (Lipinski definition) is 5. The van der Waals surface area contributed by atoms with E-state index < -0.39 is 0 Å². The van der Waals surface area contributed by atoms with Gasteiger partial charge in [0.15, 0.2) is 0 Å². The van der Waals surface area contributed by atoms with Crippen LogP contribution >= 0.6 is 0 Å². The lowest BCUT2D eigenvalue weighted by molar-refractivity contribution is 0.0318. The predicted octanol–water partition coefficient (Wildman–Crippen LogP) is 1.12. The third-order valence-electron chi connectivity index (χ3n) is 2.07. The lowest BCUT2D eigenvalue weighted by Crippen LogP contribution is -2.12. The minimum absolute atomic E-state index is 0.263. The number of hydrogen-bond donors (Lipinski definition) is 1. The number of esters is 1. The van der Waals surface area contributed by atoms with Crippen molar-refractivity contribution in [1.82, 2.24) is 4.98 Å². The van der Waals surface area contributed by atoms with Crippen LogP contribution in [0.5, 0.6) is 0 Å². The van der Waals surface area contributed by atoms with Crippen molar-refractivity contribution in [1.29, 1.82) is 0 Å². The van der Waals surface area contributed by atoms with E-state index in [0.717, 1.165) is 6.42 Å². The normalized spacial score (nSPS) is 10.2. The monoisotopic (exact) mass is 238 g/mol. The Hall–Kier alpha value is -1.46. The summed E-state index contributed by atoms with van der Waals surface area (Å²) in [5.41, 5.74) is 6.58. The first-order chi connectivity index (χ1) is 8.27. The third kappa shape index (κ3) is 4.93. The summed E-state index contributed by atoms with van der Waals surface area (Å²) in [6, 6.07) is 3.24. The van der Waals surface area contributed by atoms with E-state index in [4.69, 9.17) is 15.2 Å². The molecule has 0 saturated heterocycles. The Kier molecular flexibility index (Phi) is 6.21. The van der Waals surface area contributed by atoms with E-state index in [1.807, 2.05) is 6.92 Å². The SMILES string of the molecule is CCCOCCOC(=O)c1ccnc(CN)c1. The van der Waals surface area contributed by atoms with E-state index in [2.05, 4.69) is 4.98 Å². The van der Waals surface area contributed by atoms with Crippen molar-refractivity contribution in [3.63, 3.8) is 0 Å². The zero-order chi connectivity index (χ0) is 12.5. The van der Waals surface area contributed by atoms with Crippen LogP contribution in [-0.2, 0) is 16.0 Å².